The summed E-state index contributed by atoms with van der Waals surface area (Å²) in [5, 5.41) is 27.3. The monoisotopic (exact) mass is 322 g/mol. The van der Waals surface area contributed by atoms with Gasteiger partial charge >= 0.3 is 18.0 Å². The molecule has 130 valence electrons. The highest BCUT2D eigenvalue weighted by atomic mass is 16.6. The van der Waals surface area contributed by atoms with E-state index in [1.165, 1.54) is 0 Å². The second-order valence-electron chi connectivity index (χ2n) is 5.83. The van der Waals surface area contributed by atoms with Gasteiger partial charge in [0, 0.05) is 0 Å². The van der Waals surface area contributed by atoms with Crippen molar-refractivity contribution in [3.8, 4) is 0 Å². The molecule has 0 rings (SSSR count). The predicted molar refractivity (Wildman–Crippen MR) is 78.3 cm³/mol. The van der Waals surface area contributed by atoms with Gasteiger partial charge in [-0.15, -0.1) is 0 Å². The third-order valence-corrected chi connectivity index (χ3v) is 2.18. The molecule has 0 aromatic heterocycles. The highest BCUT2D eigenvalue weighted by Crippen LogP contribution is 2.06. The van der Waals surface area contributed by atoms with Crippen LogP contribution in [0.25, 0.3) is 0 Å². The third kappa shape index (κ3) is 11.9. The van der Waals surface area contributed by atoms with E-state index in [9.17, 15) is 14.4 Å². The Labute approximate surface area is 129 Å². The summed E-state index contributed by atoms with van der Waals surface area (Å²) in [6.07, 6.45) is -0.862. The molecular weight excluding hydrogens is 296 g/mol. The Bertz CT molecular complexity index is 377. The molecule has 0 saturated carbocycles. The van der Waals surface area contributed by atoms with Gasteiger partial charge in [0.1, 0.15) is 11.6 Å². The van der Waals surface area contributed by atoms with Crippen LogP contribution in [0.2, 0.25) is 0 Å². The van der Waals surface area contributed by atoms with E-state index in [2.05, 4.69) is 0 Å². The number of rotatable bonds is 5. The summed E-state index contributed by atoms with van der Waals surface area (Å²) in [5.41, 5.74) is 4.47. The minimum atomic E-state index is -1.33. The number of aliphatic hydroxyl groups is 1. The van der Waals surface area contributed by atoms with Gasteiger partial charge in [0.2, 0.25) is 0 Å². The van der Waals surface area contributed by atoms with E-state index in [4.69, 9.17) is 25.8 Å². The summed E-state index contributed by atoms with van der Waals surface area (Å²) in [6.45, 7) is 7.84. The predicted octanol–water partition coefficient (Wildman–Crippen LogP) is 0.0109. The number of carboxylic acid groups (broad SMARTS) is 2. The molecule has 0 bridgehead atoms. The molecule has 22 heavy (non-hydrogen) atoms. The molecule has 0 aromatic carbocycles. The number of aliphatic hydroxyl groups excluding tert-OH is 1. The SMILES string of the molecule is CC(C)(C)OC(=O)N[C@@H](CO)C(=O)O.CC(C)[C@H](N)C(=O)O. The van der Waals surface area contributed by atoms with Crippen molar-refractivity contribution < 1.29 is 34.4 Å². The first-order valence-electron chi connectivity index (χ1n) is 6.63. The van der Waals surface area contributed by atoms with Crippen molar-refractivity contribution in [1.29, 1.82) is 0 Å². The largest absolute Gasteiger partial charge is 0.480 e. The lowest BCUT2D eigenvalue weighted by Crippen LogP contribution is -2.45. The highest BCUT2D eigenvalue weighted by Gasteiger charge is 2.22. The van der Waals surface area contributed by atoms with Gasteiger partial charge < -0.3 is 31.1 Å². The minimum absolute atomic E-state index is 0.0208. The molecule has 2 atom stereocenters. The maximum Gasteiger partial charge on any atom is 0.408 e. The van der Waals surface area contributed by atoms with Crippen LogP contribution in [-0.2, 0) is 14.3 Å². The maximum absolute atomic E-state index is 11.0. The molecule has 0 aliphatic rings. The minimum Gasteiger partial charge on any atom is -0.480 e. The molecule has 0 aliphatic heterocycles. The summed E-state index contributed by atoms with van der Waals surface area (Å²) in [7, 11) is 0. The fraction of sp³-hybridized carbons (Fsp3) is 0.769. The number of carbonyl (C=O) groups excluding carboxylic acids is 1. The Hall–Kier alpha value is -1.87. The number of nitrogens with two attached hydrogens (primary N) is 1. The van der Waals surface area contributed by atoms with Crippen molar-refractivity contribution in [2.24, 2.45) is 11.7 Å². The second kappa shape index (κ2) is 9.96. The molecule has 0 aromatic rings. The van der Waals surface area contributed by atoms with E-state index in [1.54, 1.807) is 34.6 Å². The van der Waals surface area contributed by atoms with E-state index in [0.29, 0.717) is 0 Å². The topological polar surface area (TPSA) is 159 Å². The normalized spacial score (nSPS) is 13.5. The number of carboxylic acids is 2. The molecule has 1 amide bonds. The first kappa shape index (κ1) is 22.4. The number of amides is 1. The highest BCUT2D eigenvalue weighted by molar-refractivity contribution is 5.80. The van der Waals surface area contributed by atoms with Gasteiger partial charge in [-0.1, -0.05) is 13.8 Å². The van der Waals surface area contributed by atoms with Crippen LogP contribution in [0.4, 0.5) is 4.79 Å². The van der Waals surface area contributed by atoms with Gasteiger partial charge in [-0.25, -0.2) is 9.59 Å². The Morgan fingerprint density at radius 3 is 1.77 bits per heavy atom. The van der Waals surface area contributed by atoms with E-state index in [0.717, 1.165) is 0 Å². The maximum atomic E-state index is 11.0. The van der Waals surface area contributed by atoms with Crippen LogP contribution in [0.1, 0.15) is 34.6 Å². The average Bonchev–Trinajstić information content (AvgIpc) is 2.32. The van der Waals surface area contributed by atoms with Gasteiger partial charge in [-0.05, 0) is 26.7 Å². The molecule has 0 unspecified atom stereocenters. The summed E-state index contributed by atoms with van der Waals surface area (Å²) in [5.74, 6) is -2.22. The fourth-order valence-electron chi connectivity index (χ4n) is 0.920. The Morgan fingerprint density at radius 2 is 1.59 bits per heavy atom. The summed E-state index contributed by atoms with van der Waals surface area (Å²) in [4.78, 5) is 31.4. The van der Waals surface area contributed by atoms with Crippen LogP contribution in [0.3, 0.4) is 0 Å². The Balaban J connectivity index is 0. The Kier molecular flexibility index (Phi) is 10.1. The Morgan fingerprint density at radius 1 is 1.14 bits per heavy atom. The lowest BCUT2D eigenvalue weighted by atomic mass is 10.1. The van der Waals surface area contributed by atoms with Crippen molar-refractivity contribution in [2.75, 3.05) is 6.61 Å². The quantitative estimate of drug-likeness (QED) is 0.473. The summed E-state index contributed by atoms with van der Waals surface area (Å²) in [6, 6.07) is -2.04. The van der Waals surface area contributed by atoms with Gasteiger partial charge in [-0.3, -0.25) is 4.79 Å². The van der Waals surface area contributed by atoms with Crippen LogP contribution in [-0.4, -0.2) is 57.6 Å². The van der Waals surface area contributed by atoms with Crippen molar-refractivity contribution >= 4 is 18.0 Å². The molecule has 0 heterocycles. The van der Waals surface area contributed by atoms with Crippen LogP contribution < -0.4 is 11.1 Å². The van der Waals surface area contributed by atoms with Gasteiger partial charge in [0.25, 0.3) is 0 Å². The third-order valence-electron chi connectivity index (χ3n) is 2.18. The van der Waals surface area contributed by atoms with Gasteiger partial charge in [0.05, 0.1) is 6.61 Å². The number of hydrogen-bond donors (Lipinski definition) is 5. The zero-order valence-corrected chi connectivity index (χ0v) is 13.5. The van der Waals surface area contributed by atoms with Crippen LogP contribution in [0.5, 0.6) is 0 Å². The smallest absolute Gasteiger partial charge is 0.408 e. The zero-order valence-electron chi connectivity index (χ0n) is 13.5. The molecule has 0 radical (unpaired) electrons. The van der Waals surface area contributed by atoms with E-state index in [-0.39, 0.29) is 5.92 Å². The van der Waals surface area contributed by atoms with Crippen LogP contribution in [0.15, 0.2) is 0 Å². The van der Waals surface area contributed by atoms with Crippen molar-refractivity contribution in [3.05, 3.63) is 0 Å². The van der Waals surface area contributed by atoms with Crippen molar-refractivity contribution in [3.63, 3.8) is 0 Å². The average molecular weight is 322 g/mol. The first-order chi connectivity index (χ1) is 9.81. The lowest BCUT2D eigenvalue weighted by Gasteiger charge is -2.21. The zero-order chi connectivity index (χ0) is 18.1. The number of aliphatic carboxylic acids is 2. The molecule has 6 N–H and O–H groups in total. The van der Waals surface area contributed by atoms with Crippen molar-refractivity contribution in [2.45, 2.75) is 52.3 Å². The van der Waals surface area contributed by atoms with Gasteiger partial charge in [-0.2, -0.15) is 0 Å². The molecule has 9 heteroatoms. The molecule has 0 aliphatic carbocycles. The first-order valence-corrected chi connectivity index (χ1v) is 6.63. The number of nitrogens with one attached hydrogen (secondary N) is 1. The lowest BCUT2D eigenvalue weighted by molar-refractivity contribution is -0.141. The number of hydrogen-bond acceptors (Lipinski definition) is 6. The second-order valence-corrected chi connectivity index (χ2v) is 5.83. The van der Waals surface area contributed by atoms with Crippen molar-refractivity contribution in [1.82, 2.24) is 5.32 Å². The fourth-order valence-corrected chi connectivity index (χ4v) is 0.920. The molecular formula is C13H26N2O7. The standard InChI is InChI=1S/C8H15NO5.C5H11NO2/c1-8(2,3)14-7(13)9-5(4-10)6(11)12;1-3(2)4(6)5(7)8/h5,10H,4H2,1-3H3,(H,9,13)(H,11,12);3-4H,6H2,1-2H3,(H,7,8)/t5-;4-/m00/s1. The van der Waals surface area contributed by atoms with Crippen LogP contribution in [0, 0.1) is 5.92 Å². The molecule has 0 saturated heterocycles. The number of alkyl carbamates (subject to hydrolysis) is 1. The summed E-state index contributed by atoms with van der Waals surface area (Å²) >= 11 is 0. The number of ether oxygens (including phenoxy) is 1. The molecule has 0 fully saturated rings. The summed E-state index contributed by atoms with van der Waals surface area (Å²) < 4.78 is 4.80. The molecule has 9 nitrogen and oxygen atoms in total. The molecule has 0 spiro atoms. The van der Waals surface area contributed by atoms with Crippen LogP contribution >= 0.6 is 0 Å². The van der Waals surface area contributed by atoms with E-state index in [1.807, 2.05) is 5.32 Å². The van der Waals surface area contributed by atoms with E-state index < -0.39 is 42.3 Å². The number of carbonyl (C=O) groups is 3. The van der Waals surface area contributed by atoms with Gasteiger partial charge in [0.15, 0.2) is 6.04 Å². The van der Waals surface area contributed by atoms with E-state index >= 15 is 0 Å².